The molecule has 0 aliphatic rings. The maximum absolute atomic E-state index is 10.9. The number of carbonyl (C=O) groups excluding carboxylic acids is 2. The molecule has 0 aliphatic heterocycles. The first kappa shape index (κ1) is 35.1. The monoisotopic (exact) mass is 446 g/mol. The molecule has 0 spiro atoms. The second-order valence-corrected chi connectivity index (χ2v) is 7.00. The molecule has 0 bridgehead atoms. The van der Waals surface area contributed by atoms with E-state index in [9.17, 15) is 9.59 Å². The van der Waals surface area contributed by atoms with Gasteiger partial charge in [0.15, 0.2) is 0 Å². The van der Waals surface area contributed by atoms with E-state index in [-0.39, 0.29) is 17.3 Å². The minimum Gasteiger partial charge on any atom is -0.344 e. The smallest absolute Gasteiger partial charge is 0.243 e. The molecule has 172 valence electrons. The second-order valence-electron chi connectivity index (χ2n) is 6.27. The summed E-state index contributed by atoms with van der Waals surface area (Å²) in [5.41, 5.74) is 2.31. The Morgan fingerprint density at radius 3 is 1.46 bits per heavy atom. The van der Waals surface area contributed by atoms with Gasteiger partial charge < -0.3 is 6.15 Å². The molecule has 0 unspecified atom stereocenters. The number of hydrogen-bond acceptors (Lipinski definition) is 5. The van der Waals surface area contributed by atoms with Crippen LogP contribution in [0.4, 0.5) is 0 Å². The van der Waals surface area contributed by atoms with Crippen LogP contribution >= 0.6 is 23.5 Å². The number of nitrogens with one attached hydrogen (secondary N) is 1. The molecular formula is C20H44Cl2N2O4. The first-order valence-electron chi connectivity index (χ1n) is 10.1. The predicted molar refractivity (Wildman–Crippen MR) is 120 cm³/mol. The standard InChI is InChI=1S/C10H21NO2.C9H17ClO.CH3ClO.H3N/c1-3-4-5-6-7-8-9-10(12)11-13-2;1-2-3-4-5-6-7-8-9(10)11;1-3-2;/h3-9H2,1-2H3,(H,11,12);2-8H2,1H3;1H3;1H3. The number of unbranched alkanes of at least 4 members (excludes halogenated alkanes) is 10. The van der Waals surface area contributed by atoms with Gasteiger partial charge in [-0.15, -0.1) is 0 Å². The zero-order valence-electron chi connectivity index (χ0n) is 18.5. The van der Waals surface area contributed by atoms with Crippen LogP contribution in [0.15, 0.2) is 0 Å². The van der Waals surface area contributed by atoms with E-state index in [2.05, 4.69) is 40.3 Å². The van der Waals surface area contributed by atoms with Crippen molar-refractivity contribution in [2.24, 2.45) is 0 Å². The minimum absolute atomic E-state index is 0. The van der Waals surface area contributed by atoms with Crippen molar-refractivity contribution in [3.05, 3.63) is 0 Å². The SMILES string of the molecule is CCCCCCCCC(=O)Cl.CCCCCCCCC(=O)NOC.COCl.N. The molecule has 0 radical (unpaired) electrons. The van der Waals surface area contributed by atoms with Crippen molar-refractivity contribution < 1.29 is 18.7 Å². The van der Waals surface area contributed by atoms with E-state index in [1.165, 1.54) is 65.6 Å². The Morgan fingerprint density at radius 2 is 1.11 bits per heavy atom. The highest BCUT2D eigenvalue weighted by Crippen LogP contribution is 2.08. The number of halogens is 2. The van der Waals surface area contributed by atoms with Gasteiger partial charge in [-0.1, -0.05) is 78.1 Å². The molecule has 0 fully saturated rings. The van der Waals surface area contributed by atoms with E-state index in [0.29, 0.717) is 12.8 Å². The molecule has 6 nitrogen and oxygen atoms in total. The van der Waals surface area contributed by atoms with Crippen LogP contribution in [0.3, 0.4) is 0 Å². The fraction of sp³-hybridized carbons (Fsp3) is 0.900. The summed E-state index contributed by atoms with van der Waals surface area (Å²) in [4.78, 5) is 25.7. The maximum Gasteiger partial charge on any atom is 0.243 e. The van der Waals surface area contributed by atoms with Gasteiger partial charge in [0.05, 0.1) is 26.1 Å². The molecule has 0 saturated heterocycles. The van der Waals surface area contributed by atoms with Gasteiger partial charge >= 0.3 is 0 Å². The molecule has 0 aromatic rings. The van der Waals surface area contributed by atoms with Gasteiger partial charge in [-0.25, -0.2) is 5.48 Å². The summed E-state index contributed by atoms with van der Waals surface area (Å²) in [7, 11) is 2.85. The van der Waals surface area contributed by atoms with E-state index < -0.39 is 0 Å². The lowest BCUT2D eigenvalue weighted by atomic mass is 10.1. The van der Waals surface area contributed by atoms with E-state index in [1.54, 1.807) is 0 Å². The van der Waals surface area contributed by atoms with Crippen molar-refractivity contribution in [1.82, 2.24) is 11.6 Å². The van der Waals surface area contributed by atoms with Crippen LogP contribution in [-0.2, 0) is 18.7 Å². The molecule has 8 heteroatoms. The molecule has 1 amide bonds. The first-order chi connectivity index (χ1) is 13.0. The highest BCUT2D eigenvalue weighted by Gasteiger charge is 1.98. The van der Waals surface area contributed by atoms with Crippen molar-refractivity contribution in [2.45, 2.75) is 104 Å². The van der Waals surface area contributed by atoms with Crippen LogP contribution in [0.2, 0.25) is 0 Å². The van der Waals surface area contributed by atoms with Gasteiger partial charge in [0, 0.05) is 12.8 Å². The molecular weight excluding hydrogens is 403 g/mol. The van der Waals surface area contributed by atoms with E-state index in [0.717, 1.165) is 25.7 Å². The number of hydroxylamine groups is 1. The Morgan fingerprint density at radius 1 is 0.750 bits per heavy atom. The van der Waals surface area contributed by atoms with E-state index in [4.69, 9.17) is 11.6 Å². The minimum atomic E-state index is -0.194. The van der Waals surface area contributed by atoms with Crippen LogP contribution in [-0.4, -0.2) is 25.4 Å². The Bertz CT molecular complexity index is 310. The zero-order chi connectivity index (χ0) is 21.2. The van der Waals surface area contributed by atoms with Gasteiger partial charge in [0.25, 0.3) is 0 Å². The number of carbonyl (C=O) groups is 2. The van der Waals surface area contributed by atoms with Crippen LogP contribution in [0.25, 0.3) is 0 Å². The van der Waals surface area contributed by atoms with Gasteiger partial charge in [-0.2, -0.15) is 0 Å². The van der Waals surface area contributed by atoms with E-state index in [1.807, 2.05) is 0 Å². The summed E-state index contributed by atoms with van der Waals surface area (Å²) in [5, 5.41) is -0.194. The summed E-state index contributed by atoms with van der Waals surface area (Å²) < 4.78 is 3.72. The first-order valence-corrected chi connectivity index (χ1v) is 10.8. The number of amides is 1. The highest BCUT2D eigenvalue weighted by atomic mass is 35.5. The lowest BCUT2D eigenvalue weighted by Crippen LogP contribution is -2.21. The zero-order valence-corrected chi connectivity index (χ0v) is 20.0. The summed E-state index contributed by atoms with van der Waals surface area (Å²) in [5.74, 6) is -0.0157. The second kappa shape index (κ2) is 34.1. The van der Waals surface area contributed by atoms with Crippen molar-refractivity contribution in [3.8, 4) is 0 Å². The molecule has 0 aliphatic carbocycles. The third kappa shape index (κ3) is 44.8. The average molecular weight is 447 g/mol. The summed E-state index contributed by atoms with van der Waals surface area (Å²) in [6.45, 7) is 4.40. The van der Waals surface area contributed by atoms with Crippen LogP contribution < -0.4 is 11.6 Å². The number of hydrogen-bond donors (Lipinski definition) is 2. The fourth-order valence-corrected chi connectivity index (χ4v) is 2.41. The quantitative estimate of drug-likeness (QED) is 0.162. The highest BCUT2D eigenvalue weighted by molar-refractivity contribution is 6.63. The molecule has 0 aromatic carbocycles. The van der Waals surface area contributed by atoms with Crippen LogP contribution in [0, 0.1) is 0 Å². The summed E-state index contributed by atoms with van der Waals surface area (Å²) in [6, 6.07) is 0. The summed E-state index contributed by atoms with van der Waals surface area (Å²) >= 11 is 9.68. The van der Waals surface area contributed by atoms with Gasteiger partial charge in [-0.05, 0) is 24.4 Å². The number of rotatable bonds is 15. The lowest BCUT2D eigenvalue weighted by Gasteiger charge is -2.01. The third-order valence-electron chi connectivity index (χ3n) is 3.70. The predicted octanol–water partition coefficient (Wildman–Crippen LogP) is 6.87. The van der Waals surface area contributed by atoms with Crippen molar-refractivity contribution in [1.29, 1.82) is 0 Å². The fourth-order valence-electron chi connectivity index (χ4n) is 2.28. The molecule has 0 atom stereocenters. The Hall–Kier alpha value is -0.400. The third-order valence-corrected chi connectivity index (χ3v) is 3.89. The average Bonchev–Trinajstić information content (AvgIpc) is 2.62. The van der Waals surface area contributed by atoms with E-state index >= 15 is 0 Å². The van der Waals surface area contributed by atoms with Gasteiger partial charge in [0.1, 0.15) is 0 Å². The molecule has 0 rings (SSSR count). The van der Waals surface area contributed by atoms with Crippen molar-refractivity contribution in [3.63, 3.8) is 0 Å². The largest absolute Gasteiger partial charge is 0.344 e. The molecule has 28 heavy (non-hydrogen) atoms. The molecule has 0 saturated carbocycles. The Labute approximate surface area is 183 Å². The molecule has 4 N–H and O–H groups in total. The Kier molecular flexibility index (Phi) is 42.7. The normalized spacial score (nSPS) is 9.21. The van der Waals surface area contributed by atoms with Gasteiger partial charge in [0.2, 0.25) is 11.1 Å². The maximum atomic E-state index is 10.9. The van der Waals surface area contributed by atoms with Crippen LogP contribution in [0.1, 0.15) is 104 Å². The van der Waals surface area contributed by atoms with Crippen molar-refractivity contribution in [2.75, 3.05) is 14.2 Å². The Balaban J connectivity index is -0.000000176. The summed E-state index contributed by atoms with van der Waals surface area (Å²) in [6.07, 6.45) is 15.6. The molecule has 0 aromatic heterocycles. The van der Waals surface area contributed by atoms with Gasteiger partial charge in [-0.3, -0.25) is 18.7 Å². The van der Waals surface area contributed by atoms with Crippen LogP contribution in [0.5, 0.6) is 0 Å². The molecule has 0 heterocycles. The lowest BCUT2D eigenvalue weighted by molar-refractivity contribution is -0.131. The topological polar surface area (TPSA) is 99.6 Å². The van der Waals surface area contributed by atoms with Crippen molar-refractivity contribution >= 4 is 34.6 Å².